The van der Waals surface area contributed by atoms with E-state index in [9.17, 15) is 9.18 Å². The summed E-state index contributed by atoms with van der Waals surface area (Å²) in [6.45, 7) is 1.96. The lowest BCUT2D eigenvalue weighted by Crippen LogP contribution is -2.17. The summed E-state index contributed by atoms with van der Waals surface area (Å²) < 4.78 is 14.0. The summed E-state index contributed by atoms with van der Waals surface area (Å²) in [5.74, 6) is -0.484. The minimum atomic E-state index is -0.481. The Morgan fingerprint density at radius 3 is 2.93 bits per heavy atom. The van der Waals surface area contributed by atoms with E-state index < -0.39 is 5.82 Å². The van der Waals surface area contributed by atoms with Gasteiger partial charge in [-0.25, -0.2) is 4.39 Å². The van der Waals surface area contributed by atoms with Crippen LogP contribution < -0.4 is 0 Å². The number of rotatable bonds is 0. The lowest BCUT2D eigenvalue weighted by Gasteiger charge is -2.23. The minimum Gasteiger partial charge on any atom is -0.294 e. The maximum atomic E-state index is 13.8. The number of benzene rings is 1. The van der Waals surface area contributed by atoms with Crippen molar-refractivity contribution in [1.82, 2.24) is 0 Å². The molecule has 0 fully saturated rings. The quantitative estimate of drug-likeness (QED) is 0.651. The highest BCUT2D eigenvalue weighted by Crippen LogP contribution is 2.39. The number of hydrogen-bond donors (Lipinski definition) is 0. The Labute approximate surface area is 101 Å². The summed E-state index contributed by atoms with van der Waals surface area (Å²) in [5.41, 5.74) is 0.835. The third-order valence-electron chi connectivity index (χ3n) is 2.79. The van der Waals surface area contributed by atoms with Gasteiger partial charge in [0.2, 0.25) is 0 Å². The van der Waals surface area contributed by atoms with Crippen molar-refractivity contribution in [2.45, 2.75) is 25.7 Å². The molecule has 2 rings (SSSR count). The molecule has 1 unspecified atom stereocenters. The molecule has 1 nitrogen and oxygen atoms in total. The molecule has 0 saturated heterocycles. The molecule has 0 N–H and O–H groups in total. The smallest absolute Gasteiger partial charge is 0.166 e. The Bertz CT molecular complexity index is 445. The lowest BCUT2D eigenvalue weighted by atomic mass is 9.83. The Hall–Kier alpha value is -0.410. The van der Waals surface area contributed by atoms with Gasteiger partial charge in [0.25, 0.3) is 0 Å². The van der Waals surface area contributed by atoms with Crippen LogP contribution in [-0.4, -0.2) is 5.78 Å². The largest absolute Gasteiger partial charge is 0.294 e. The van der Waals surface area contributed by atoms with Gasteiger partial charge in [0.1, 0.15) is 5.82 Å². The highest BCUT2D eigenvalue weighted by atomic mass is 79.9. The second-order valence-corrected chi connectivity index (χ2v) is 5.07. The Kier molecular flexibility index (Phi) is 2.86. The van der Waals surface area contributed by atoms with E-state index in [0.29, 0.717) is 17.0 Å². The van der Waals surface area contributed by atoms with Crippen molar-refractivity contribution in [3.8, 4) is 0 Å². The van der Waals surface area contributed by atoms with Crippen molar-refractivity contribution in [3.63, 3.8) is 0 Å². The molecule has 0 radical (unpaired) electrons. The second kappa shape index (κ2) is 3.87. The van der Waals surface area contributed by atoms with Crippen LogP contribution in [-0.2, 0) is 0 Å². The molecule has 1 aromatic carbocycles. The number of carbonyl (C=O) groups is 1. The van der Waals surface area contributed by atoms with Crippen LogP contribution in [0.25, 0.3) is 0 Å². The Morgan fingerprint density at radius 1 is 1.60 bits per heavy atom. The zero-order valence-electron chi connectivity index (χ0n) is 8.11. The zero-order valence-corrected chi connectivity index (χ0v) is 10.5. The summed E-state index contributed by atoms with van der Waals surface area (Å²) >= 11 is 9.09. The maximum absolute atomic E-state index is 13.8. The van der Waals surface area contributed by atoms with Gasteiger partial charge in [-0.3, -0.25) is 4.79 Å². The number of ketones is 1. The van der Waals surface area contributed by atoms with Gasteiger partial charge in [-0.05, 0) is 39.9 Å². The van der Waals surface area contributed by atoms with Crippen molar-refractivity contribution < 1.29 is 9.18 Å². The van der Waals surface area contributed by atoms with Crippen LogP contribution in [0, 0.1) is 5.82 Å². The zero-order chi connectivity index (χ0) is 11.2. The van der Waals surface area contributed by atoms with Gasteiger partial charge in [0.05, 0.1) is 10.0 Å². The van der Waals surface area contributed by atoms with Crippen molar-refractivity contribution in [3.05, 3.63) is 32.5 Å². The van der Waals surface area contributed by atoms with Crippen molar-refractivity contribution in [2.24, 2.45) is 0 Å². The standard InChI is InChI=1S/C11H9BrClFO/c1-5-2-3-8(15)10-9(5)7(13)4-6(12)11(10)14/h4-5H,2-3H2,1H3. The molecule has 0 heterocycles. The third kappa shape index (κ3) is 1.72. The van der Waals surface area contributed by atoms with E-state index in [1.807, 2.05) is 6.92 Å². The fourth-order valence-corrected chi connectivity index (χ4v) is 2.93. The lowest BCUT2D eigenvalue weighted by molar-refractivity contribution is 0.0963. The molecular formula is C11H9BrClFO. The van der Waals surface area contributed by atoms with E-state index in [1.54, 1.807) is 0 Å². The van der Waals surface area contributed by atoms with Crippen LogP contribution in [0.5, 0.6) is 0 Å². The van der Waals surface area contributed by atoms with Crippen molar-refractivity contribution in [2.75, 3.05) is 0 Å². The molecule has 0 bridgehead atoms. The van der Waals surface area contributed by atoms with E-state index >= 15 is 0 Å². The predicted molar refractivity (Wildman–Crippen MR) is 61.1 cm³/mol. The molecule has 0 aromatic heterocycles. The molecule has 1 aromatic rings. The van der Waals surface area contributed by atoms with Crippen LogP contribution in [0.3, 0.4) is 0 Å². The average molecular weight is 292 g/mol. The summed E-state index contributed by atoms with van der Waals surface area (Å²) in [6, 6.07) is 1.52. The molecule has 15 heavy (non-hydrogen) atoms. The van der Waals surface area contributed by atoms with Crippen molar-refractivity contribution in [1.29, 1.82) is 0 Å². The minimum absolute atomic E-state index is 0.146. The van der Waals surface area contributed by atoms with Gasteiger partial charge in [-0.2, -0.15) is 0 Å². The third-order valence-corrected chi connectivity index (χ3v) is 3.68. The van der Waals surface area contributed by atoms with E-state index in [4.69, 9.17) is 11.6 Å². The normalized spacial score (nSPS) is 20.3. The first-order valence-electron chi connectivity index (χ1n) is 4.73. The fourth-order valence-electron chi connectivity index (χ4n) is 1.98. The van der Waals surface area contributed by atoms with Crippen molar-refractivity contribution >= 4 is 33.3 Å². The monoisotopic (exact) mass is 290 g/mol. The SMILES string of the molecule is CC1CCC(=O)c2c(F)c(Br)cc(Cl)c21. The maximum Gasteiger partial charge on any atom is 0.166 e. The molecule has 1 aliphatic carbocycles. The number of halogens is 3. The fraction of sp³-hybridized carbons (Fsp3) is 0.364. The first-order chi connectivity index (χ1) is 7.02. The van der Waals surface area contributed by atoms with Gasteiger partial charge in [0, 0.05) is 11.4 Å². The van der Waals surface area contributed by atoms with Crippen LogP contribution in [0.1, 0.15) is 41.6 Å². The number of Topliss-reactive ketones (excluding diaryl/α,β-unsaturated/α-hetero) is 1. The topological polar surface area (TPSA) is 17.1 Å². The molecule has 0 amide bonds. The van der Waals surface area contributed by atoms with Gasteiger partial charge in [-0.15, -0.1) is 0 Å². The molecule has 0 spiro atoms. The number of hydrogen-bond acceptors (Lipinski definition) is 1. The highest BCUT2D eigenvalue weighted by Gasteiger charge is 2.29. The average Bonchev–Trinajstić information content (AvgIpc) is 2.18. The molecule has 80 valence electrons. The van der Waals surface area contributed by atoms with E-state index in [0.717, 1.165) is 6.42 Å². The molecule has 0 saturated carbocycles. The number of fused-ring (bicyclic) bond motifs is 1. The summed E-state index contributed by atoms with van der Waals surface area (Å²) in [4.78, 5) is 11.6. The second-order valence-electron chi connectivity index (χ2n) is 3.81. The van der Waals surface area contributed by atoms with Gasteiger partial charge in [-0.1, -0.05) is 18.5 Å². The first-order valence-corrected chi connectivity index (χ1v) is 5.90. The summed E-state index contributed by atoms with van der Waals surface area (Å²) in [6.07, 6.45) is 1.14. The highest BCUT2D eigenvalue weighted by molar-refractivity contribution is 9.10. The predicted octanol–water partition coefficient (Wildman–Crippen LogP) is 4.32. The molecule has 1 atom stereocenters. The van der Waals surface area contributed by atoms with E-state index in [1.165, 1.54) is 6.07 Å². The summed E-state index contributed by atoms with van der Waals surface area (Å²) in [5, 5.41) is 0.471. The molecule has 4 heteroatoms. The van der Waals surface area contributed by atoms with Crippen LogP contribution in [0.15, 0.2) is 10.5 Å². The van der Waals surface area contributed by atoms with Gasteiger partial charge >= 0.3 is 0 Å². The molecule has 1 aliphatic rings. The van der Waals surface area contributed by atoms with Crippen LogP contribution in [0.2, 0.25) is 5.02 Å². The van der Waals surface area contributed by atoms with E-state index in [2.05, 4.69) is 15.9 Å². The van der Waals surface area contributed by atoms with Gasteiger partial charge in [0.15, 0.2) is 5.78 Å². The number of carbonyl (C=O) groups excluding carboxylic acids is 1. The van der Waals surface area contributed by atoms with Crippen LogP contribution in [0.4, 0.5) is 4.39 Å². The molecule has 0 aliphatic heterocycles. The summed E-state index contributed by atoms with van der Waals surface area (Å²) in [7, 11) is 0. The first kappa shape index (κ1) is 11.1. The molecular weight excluding hydrogens is 282 g/mol. The van der Waals surface area contributed by atoms with E-state index in [-0.39, 0.29) is 21.7 Å². The Balaban J connectivity index is 2.76. The Morgan fingerprint density at radius 2 is 2.27 bits per heavy atom. The van der Waals surface area contributed by atoms with Crippen LogP contribution >= 0.6 is 27.5 Å². The van der Waals surface area contributed by atoms with Gasteiger partial charge < -0.3 is 0 Å².